The molecule has 0 atom stereocenters. The summed E-state index contributed by atoms with van der Waals surface area (Å²) in [5.41, 5.74) is 1.94. The molecular weight excluding hydrogens is 312 g/mol. The van der Waals surface area contributed by atoms with Gasteiger partial charge in [-0.3, -0.25) is 9.79 Å². The maximum absolute atomic E-state index is 11.9. The van der Waals surface area contributed by atoms with E-state index in [2.05, 4.69) is 34.8 Å². The van der Waals surface area contributed by atoms with Crippen molar-refractivity contribution in [2.45, 2.75) is 53.5 Å². The topological polar surface area (TPSA) is 65.5 Å². The largest absolute Gasteiger partial charge is 0.356 e. The van der Waals surface area contributed by atoms with Crippen LogP contribution in [0.3, 0.4) is 0 Å². The second-order valence-electron chi connectivity index (χ2n) is 6.84. The predicted molar refractivity (Wildman–Crippen MR) is 107 cm³/mol. The lowest BCUT2D eigenvalue weighted by molar-refractivity contribution is -0.116. The minimum Gasteiger partial charge on any atom is -0.356 e. The van der Waals surface area contributed by atoms with Gasteiger partial charge in [0.25, 0.3) is 0 Å². The van der Waals surface area contributed by atoms with Crippen molar-refractivity contribution in [3.05, 3.63) is 29.8 Å². The van der Waals surface area contributed by atoms with Crippen LogP contribution in [0.2, 0.25) is 0 Å². The Morgan fingerprint density at radius 3 is 2.48 bits per heavy atom. The summed E-state index contributed by atoms with van der Waals surface area (Å²) in [5.74, 6) is 1.89. The van der Waals surface area contributed by atoms with Gasteiger partial charge in [0.2, 0.25) is 5.91 Å². The van der Waals surface area contributed by atoms with Crippen LogP contribution in [0, 0.1) is 11.8 Å². The van der Waals surface area contributed by atoms with Crippen LogP contribution in [0.4, 0.5) is 5.69 Å². The zero-order valence-corrected chi connectivity index (χ0v) is 16.4. The SMILES string of the molecule is CCC(CC)CNC(=NC)NCc1cccc(NC(=O)CC(C)C)c1. The van der Waals surface area contributed by atoms with Crippen molar-refractivity contribution in [2.24, 2.45) is 16.8 Å². The first-order valence-electron chi connectivity index (χ1n) is 9.31. The van der Waals surface area contributed by atoms with Crippen LogP contribution in [0.1, 0.15) is 52.5 Å². The van der Waals surface area contributed by atoms with Gasteiger partial charge in [0.15, 0.2) is 5.96 Å². The number of hydrogen-bond donors (Lipinski definition) is 3. The summed E-state index contributed by atoms with van der Waals surface area (Å²) in [5, 5.41) is 9.67. The molecule has 1 rings (SSSR count). The molecule has 0 radical (unpaired) electrons. The van der Waals surface area contributed by atoms with Gasteiger partial charge >= 0.3 is 0 Å². The molecule has 0 fully saturated rings. The Balaban J connectivity index is 2.53. The van der Waals surface area contributed by atoms with E-state index in [-0.39, 0.29) is 5.91 Å². The van der Waals surface area contributed by atoms with Crippen LogP contribution >= 0.6 is 0 Å². The number of guanidine groups is 1. The van der Waals surface area contributed by atoms with Crippen LogP contribution in [-0.4, -0.2) is 25.5 Å². The van der Waals surface area contributed by atoms with Gasteiger partial charge in [-0.25, -0.2) is 0 Å². The molecule has 140 valence electrons. The van der Waals surface area contributed by atoms with Crippen LogP contribution in [0.5, 0.6) is 0 Å². The molecule has 1 aromatic carbocycles. The number of benzene rings is 1. The van der Waals surface area contributed by atoms with Crippen molar-refractivity contribution in [3.8, 4) is 0 Å². The fourth-order valence-electron chi connectivity index (χ4n) is 2.57. The first-order valence-corrected chi connectivity index (χ1v) is 9.31. The van der Waals surface area contributed by atoms with Crippen molar-refractivity contribution in [1.82, 2.24) is 10.6 Å². The van der Waals surface area contributed by atoms with E-state index in [0.717, 1.165) is 23.8 Å². The maximum Gasteiger partial charge on any atom is 0.224 e. The average molecular weight is 347 g/mol. The molecule has 0 spiro atoms. The Kier molecular flexibility index (Phi) is 9.66. The van der Waals surface area contributed by atoms with Gasteiger partial charge in [-0.05, 0) is 29.5 Å². The third-order valence-corrected chi connectivity index (χ3v) is 4.20. The lowest BCUT2D eigenvalue weighted by Crippen LogP contribution is -2.39. The molecule has 0 aliphatic rings. The predicted octanol–water partition coefficient (Wildman–Crippen LogP) is 3.77. The number of amides is 1. The van der Waals surface area contributed by atoms with E-state index in [1.165, 1.54) is 12.8 Å². The fourth-order valence-corrected chi connectivity index (χ4v) is 2.57. The minimum absolute atomic E-state index is 0.0581. The minimum atomic E-state index is 0.0581. The number of aliphatic imine (C=N–C) groups is 1. The lowest BCUT2D eigenvalue weighted by Gasteiger charge is -2.17. The fraction of sp³-hybridized carbons (Fsp3) is 0.600. The molecule has 0 saturated carbocycles. The first-order chi connectivity index (χ1) is 12.0. The van der Waals surface area contributed by atoms with Crippen molar-refractivity contribution in [2.75, 3.05) is 18.9 Å². The Bertz CT molecular complexity index is 550. The first kappa shape index (κ1) is 21.0. The standard InChI is InChI=1S/C20H34N4O/c1-6-16(7-2)13-22-20(21-5)23-14-17-9-8-10-18(12-17)24-19(25)11-15(3)4/h8-10,12,15-16H,6-7,11,13-14H2,1-5H3,(H,24,25)(H2,21,22,23). The van der Waals surface area contributed by atoms with Gasteiger partial charge in [0.05, 0.1) is 0 Å². The highest BCUT2D eigenvalue weighted by Gasteiger charge is 2.07. The molecule has 5 heteroatoms. The number of nitrogens with one attached hydrogen (secondary N) is 3. The zero-order chi connectivity index (χ0) is 18.7. The van der Waals surface area contributed by atoms with E-state index < -0.39 is 0 Å². The summed E-state index contributed by atoms with van der Waals surface area (Å²) in [4.78, 5) is 16.2. The molecule has 5 nitrogen and oxygen atoms in total. The Morgan fingerprint density at radius 2 is 1.88 bits per heavy atom. The third kappa shape index (κ3) is 8.57. The van der Waals surface area contributed by atoms with E-state index in [4.69, 9.17) is 0 Å². The molecule has 0 heterocycles. The van der Waals surface area contributed by atoms with Crippen LogP contribution in [0.15, 0.2) is 29.3 Å². The number of anilines is 1. The Morgan fingerprint density at radius 1 is 1.16 bits per heavy atom. The van der Waals surface area contributed by atoms with Crippen molar-refractivity contribution in [3.63, 3.8) is 0 Å². The highest BCUT2D eigenvalue weighted by molar-refractivity contribution is 5.90. The molecule has 25 heavy (non-hydrogen) atoms. The quantitative estimate of drug-likeness (QED) is 0.471. The summed E-state index contributed by atoms with van der Waals surface area (Å²) >= 11 is 0. The van der Waals surface area contributed by atoms with Crippen LogP contribution < -0.4 is 16.0 Å². The number of rotatable bonds is 9. The highest BCUT2D eigenvalue weighted by Crippen LogP contribution is 2.12. The monoisotopic (exact) mass is 346 g/mol. The summed E-state index contributed by atoms with van der Waals surface area (Å²) in [6.45, 7) is 10.1. The van der Waals surface area contributed by atoms with Crippen LogP contribution in [-0.2, 0) is 11.3 Å². The van der Waals surface area contributed by atoms with Gasteiger partial charge < -0.3 is 16.0 Å². The molecule has 1 amide bonds. The van der Waals surface area contributed by atoms with Gasteiger partial charge in [-0.15, -0.1) is 0 Å². The van der Waals surface area contributed by atoms with Crippen molar-refractivity contribution in [1.29, 1.82) is 0 Å². The molecule has 0 bridgehead atoms. The second kappa shape index (κ2) is 11.5. The molecule has 0 aliphatic heterocycles. The summed E-state index contributed by atoms with van der Waals surface area (Å²) in [6.07, 6.45) is 2.87. The lowest BCUT2D eigenvalue weighted by atomic mass is 10.0. The summed E-state index contributed by atoms with van der Waals surface area (Å²) in [6, 6.07) is 7.92. The number of nitrogens with zero attached hydrogens (tertiary/aromatic N) is 1. The number of carbonyl (C=O) groups excluding carboxylic acids is 1. The van der Waals surface area contributed by atoms with Crippen molar-refractivity contribution >= 4 is 17.6 Å². The van der Waals surface area contributed by atoms with E-state index in [1.54, 1.807) is 7.05 Å². The van der Waals surface area contributed by atoms with Gasteiger partial charge in [0, 0.05) is 32.2 Å². The summed E-state index contributed by atoms with van der Waals surface area (Å²) < 4.78 is 0. The van der Waals surface area contributed by atoms with Crippen molar-refractivity contribution < 1.29 is 4.79 Å². The third-order valence-electron chi connectivity index (χ3n) is 4.20. The van der Waals surface area contributed by atoms with E-state index >= 15 is 0 Å². The molecule has 1 aromatic rings. The molecule has 0 aromatic heterocycles. The number of hydrogen-bond acceptors (Lipinski definition) is 2. The molecular formula is C20H34N4O. The molecule has 0 unspecified atom stereocenters. The second-order valence-corrected chi connectivity index (χ2v) is 6.84. The molecule has 3 N–H and O–H groups in total. The Hall–Kier alpha value is -2.04. The zero-order valence-electron chi connectivity index (χ0n) is 16.4. The normalized spacial score (nSPS) is 11.7. The Labute approximate surface area is 152 Å². The van der Waals surface area contributed by atoms with Crippen LogP contribution in [0.25, 0.3) is 0 Å². The maximum atomic E-state index is 11.9. The van der Waals surface area contributed by atoms with Gasteiger partial charge in [0.1, 0.15) is 0 Å². The van der Waals surface area contributed by atoms with Gasteiger partial charge in [-0.2, -0.15) is 0 Å². The van der Waals surface area contributed by atoms with Gasteiger partial charge in [-0.1, -0.05) is 52.7 Å². The summed E-state index contributed by atoms with van der Waals surface area (Å²) in [7, 11) is 1.78. The molecule has 0 aliphatic carbocycles. The van der Waals surface area contributed by atoms with E-state index in [0.29, 0.717) is 24.8 Å². The van der Waals surface area contributed by atoms with E-state index in [9.17, 15) is 4.79 Å². The number of carbonyl (C=O) groups is 1. The van der Waals surface area contributed by atoms with E-state index in [1.807, 2.05) is 38.1 Å². The smallest absolute Gasteiger partial charge is 0.224 e. The average Bonchev–Trinajstić information content (AvgIpc) is 2.57. The molecule has 0 saturated heterocycles. The highest BCUT2D eigenvalue weighted by atomic mass is 16.1.